The van der Waals surface area contributed by atoms with Gasteiger partial charge in [0.15, 0.2) is 0 Å². The maximum atomic E-state index is 8.56. The van der Waals surface area contributed by atoms with Gasteiger partial charge in [0.2, 0.25) is 0 Å². The number of nitrogens with zero attached hydrogens (tertiary/aromatic N) is 3. The van der Waals surface area contributed by atoms with Crippen molar-refractivity contribution in [3.8, 4) is 0 Å². The normalized spacial score (nSPS) is 13.9. The Morgan fingerprint density at radius 1 is 1.59 bits per heavy atom. The molecule has 17 heavy (non-hydrogen) atoms. The smallest absolute Gasteiger partial charge is 0.140 e. The lowest BCUT2D eigenvalue weighted by Crippen LogP contribution is -2.35. The molecule has 1 atom stereocenters. The highest BCUT2D eigenvalue weighted by Gasteiger charge is 2.14. The first-order chi connectivity index (χ1) is 8.17. The first-order valence-corrected chi connectivity index (χ1v) is 5.77. The minimum absolute atomic E-state index is 0.220. The Morgan fingerprint density at radius 2 is 2.35 bits per heavy atom. The maximum Gasteiger partial charge on any atom is 0.140 e. The van der Waals surface area contributed by atoms with Crippen LogP contribution in [0.4, 0.5) is 0 Å². The fourth-order valence-electron chi connectivity index (χ4n) is 1.75. The van der Waals surface area contributed by atoms with Gasteiger partial charge < -0.3 is 10.9 Å². The minimum Gasteiger partial charge on any atom is -0.409 e. The number of amidine groups is 1. The summed E-state index contributed by atoms with van der Waals surface area (Å²) in [4.78, 5) is 6.53. The molecule has 0 saturated carbocycles. The molecule has 0 aromatic carbocycles. The van der Waals surface area contributed by atoms with Gasteiger partial charge in [-0.3, -0.25) is 9.88 Å². The van der Waals surface area contributed by atoms with E-state index in [-0.39, 0.29) is 11.9 Å². The first kappa shape index (κ1) is 13.4. The molecule has 1 aromatic rings. The fourth-order valence-corrected chi connectivity index (χ4v) is 1.75. The van der Waals surface area contributed by atoms with E-state index in [0.717, 1.165) is 18.8 Å². The zero-order valence-corrected chi connectivity index (χ0v) is 10.4. The molecular formula is C12H20N4O. The average molecular weight is 236 g/mol. The predicted molar refractivity (Wildman–Crippen MR) is 67.8 cm³/mol. The molecule has 5 nitrogen and oxygen atoms in total. The minimum atomic E-state index is 0.220. The van der Waals surface area contributed by atoms with Crippen LogP contribution in [-0.4, -0.2) is 33.5 Å². The van der Waals surface area contributed by atoms with Crippen molar-refractivity contribution < 1.29 is 5.21 Å². The van der Waals surface area contributed by atoms with Crippen molar-refractivity contribution in [3.63, 3.8) is 0 Å². The largest absolute Gasteiger partial charge is 0.409 e. The van der Waals surface area contributed by atoms with E-state index in [2.05, 4.69) is 28.9 Å². The molecule has 0 aliphatic carbocycles. The highest BCUT2D eigenvalue weighted by atomic mass is 16.4. The number of pyridine rings is 1. The van der Waals surface area contributed by atoms with Crippen molar-refractivity contribution >= 4 is 5.84 Å². The molecule has 3 N–H and O–H groups in total. The highest BCUT2D eigenvalue weighted by Crippen LogP contribution is 2.08. The Bertz CT molecular complexity index is 353. The van der Waals surface area contributed by atoms with Crippen LogP contribution >= 0.6 is 0 Å². The molecule has 5 heteroatoms. The molecule has 0 saturated heterocycles. The molecule has 94 valence electrons. The molecule has 0 fully saturated rings. The second-order valence-corrected chi connectivity index (χ2v) is 4.03. The molecule has 0 spiro atoms. The lowest BCUT2D eigenvalue weighted by atomic mass is 10.2. The van der Waals surface area contributed by atoms with Gasteiger partial charge in [0.25, 0.3) is 0 Å². The zero-order valence-electron chi connectivity index (χ0n) is 10.4. The van der Waals surface area contributed by atoms with Crippen molar-refractivity contribution in [3.05, 3.63) is 30.1 Å². The lowest BCUT2D eigenvalue weighted by Gasteiger charge is -2.27. The molecule has 0 radical (unpaired) electrons. The molecule has 0 bridgehead atoms. The second kappa shape index (κ2) is 6.85. The number of aromatic nitrogens is 1. The van der Waals surface area contributed by atoms with Crippen molar-refractivity contribution in [2.45, 2.75) is 32.9 Å². The van der Waals surface area contributed by atoms with Crippen LogP contribution in [0.1, 0.15) is 26.0 Å². The lowest BCUT2D eigenvalue weighted by molar-refractivity contribution is 0.211. The van der Waals surface area contributed by atoms with Crippen molar-refractivity contribution in [1.29, 1.82) is 0 Å². The van der Waals surface area contributed by atoms with Gasteiger partial charge in [0.1, 0.15) is 5.84 Å². The van der Waals surface area contributed by atoms with Gasteiger partial charge in [0.05, 0.1) is 5.69 Å². The Balaban J connectivity index is 2.59. The van der Waals surface area contributed by atoms with E-state index in [4.69, 9.17) is 10.9 Å². The molecule has 1 aromatic heterocycles. The van der Waals surface area contributed by atoms with Gasteiger partial charge >= 0.3 is 0 Å². The van der Waals surface area contributed by atoms with E-state index in [0.29, 0.717) is 6.42 Å². The van der Waals surface area contributed by atoms with Crippen LogP contribution in [0.25, 0.3) is 0 Å². The van der Waals surface area contributed by atoms with Crippen LogP contribution in [-0.2, 0) is 6.54 Å². The second-order valence-electron chi connectivity index (χ2n) is 4.03. The third-order valence-electron chi connectivity index (χ3n) is 2.75. The number of hydrogen-bond donors (Lipinski definition) is 2. The summed E-state index contributed by atoms with van der Waals surface area (Å²) >= 11 is 0. The van der Waals surface area contributed by atoms with Crippen LogP contribution in [0, 0.1) is 0 Å². The Labute approximate surface area is 102 Å². The van der Waals surface area contributed by atoms with Crippen molar-refractivity contribution in [2.24, 2.45) is 10.9 Å². The van der Waals surface area contributed by atoms with Crippen LogP contribution in [0.15, 0.2) is 29.6 Å². The summed E-state index contributed by atoms with van der Waals surface area (Å²) < 4.78 is 0. The Morgan fingerprint density at radius 3 is 2.88 bits per heavy atom. The quantitative estimate of drug-likeness (QED) is 0.339. The zero-order chi connectivity index (χ0) is 12.7. The van der Waals surface area contributed by atoms with E-state index >= 15 is 0 Å². The average Bonchev–Trinajstić information content (AvgIpc) is 2.36. The monoisotopic (exact) mass is 236 g/mol. The van der Waals surface area contributed by atoms with Gasteiger partial charge in [-0.25, -0.2) is 0 Å². The molecule has 1 unspecified atom stereocenters. The van der Waals surface area contributed by atoms with E-state index in [9.17, 15) is 0 Å². The summed E-state index contributed by atoms with van der Waals surface area (Å²) in [7, 11) is 0. The highest BCUT2D eigenvalue weighted by molar-refractivity contribution is 5.80. The van der Waals surface area contributed by atoms with Gasteiger partial charge in [-0.2, -0.15) is 0 Å². The number of rotatable bonds is 6. The molecule has 0 aliphatic heterocycles. The van der Waals surface area contributed by atoms with Crippen LogP contribution in [0.5, 0.6) is 0 Å². The summed E-state index contributed by atoms with van der Waals surface area (Å²) in [6, 6.07) is 6.10. The Hall–Kier alpha value is -1.62. The number of oxime groups is 1. The SMILES string of the molecule is CCN(Cc1ccccn1)C(C)CC(N)=NO. The predicted octanol–water partition coefficient (Wildman–Crippen LogP) is 1.43. The molecule has 1 rings (SSSR count). The summed E-state index contributed by atoms with van der Waals surface area (Å²) in [5.74, 6) is 0.261. The number of hydrogen-bond acceptors (Lipinski definition) is 4. The third-order valence-corrected chi connectivity index (χ3v) is 2.75. The van der Waals surface area contributed by atoms with Gasteiger partial charge in [-0.05, 0) is 25.6 Å². The van der Waals surface area contributed by atoms with E-state index < -0.39 is 0 Å². The first-order valence-electron chi connectivity index (χ1n) is 5.77. The molecule has 0 amide bonds. The van der Waals surface area contributed by atoms with Crippen molar-refractivity contribution in [1.82, 2.24) is 9.88 Å². The third kappa shape index (κ3) is 4.40. The standard InChI is InChI=1S/C12H20N4O/c1-3-16(10(2)8-12(13)15-17)9-11-6-4-5-7-14-11/h4-7,10,17H,3,8-9H2,1-2H3,(H2,13,15). The van der Waals surface area contributed by atoms with Crippen LogP contribution in [0.2, 0.25) is 0 Å². The summed E-state index contributed by atoms with van der Waals surface area (Å²) in [5, 5.41) is 11.6. The molecule has 1 heterocycles. The number of nitrogens with two attached hydrogens (primary N) is 1. The summed E-state index contributed by atoms with van der Waals surface area (Å²) in [6.45, 7) is 5.82. The maximum absolute atomic E-state index is 8.56. The van der Waals surface area contributed by atoms with E-state index in [1.165, 1.54) is 0 Å². The van der Waals surface area contributed by atoms with Gasteiger partial charge in [-0.15, -0.1) is 0 Å². The topological polar surface area (TPSA) is 74.7 Å². The van der Waals surface area contributed by atoms with Crippen LogP contribution in [0.3, 0.4) is 0 Å². The van der Waals surface area contributed by atoms with Gasteiger partial charge in [0, 0.05) is 25.2 Å². The molecular weight excluding hydrogens is 216 g/mol. The van der Waals surface area contributed by atoms with Crippen LogP contribution < -0.4 is 5.73 Å². The molecule has 0 aliphatic rings. The Kier molecular flexibility index (Phi) is 5.42. The fraction of sp³-hybridized carbons (Fsp3) is 0.500. The summed E-state index contributed by atoms with van der Waals surface area (Å²) in [5.41, 5.74) is 6.55. The summed E-state index contributed by atoms with van der Waals surface area (Å²) in [6.07, 6.45) is 2.34. The van der Waals surface area contributed by atoms with Crippen molar-refractivity contribution in [2.75, 3.05) is 6.54 Å². The van der Waals surface area contributed by atoms with E-state index in [1.807, 2.05) is 18.2 Å². The van der Waals surface area contributed by atoms with E-state index in [1.54, 1.807) is 6.20 Å². The van der Waals surface area contributed by atoms with Gasteiger partial charge in [-0.1, -0.05) is 18.1 Å².